The second-order valence-corrected chi connectivity index (χ2v) is 6.38. The van der Waals surface area contributed by atoms with Crippen molar-refractivity contribution >= 4 is 5.91 Å². The topological polar surface area (TPSA) is 35.6 Å². The van der Waals surface area contributed by atoms with Gasteiger partial charge in [-0.2, -0.15) is 0 Å². The van der Waals surface area contributed by atoms with Gasteiger partial charge in [0.1, 0.15) is 0 Å². The first kappa shape index (κ1) is 15.8. The van der Waals surface area contributed by atoms with Crippen molar-refractivity contribution in [1.82, 2.24) is 15.1 Å². The second-order valence-electron chi connectivity index (χ2n) is 6.38. The molecule has 0 spiro atoms. The van der Waals surface area contributed by atoms with Crippen LogP contribution in [0.3, 0.4) is 0 Å². The third-order valence-electron chi connectivity index (χ3n) is 4.93. The maximum atomic E-state index is 12.2. The molecule has 0 aromatic rings. The lowest BCUT2D eigenvalue weighted by atomic mass is 10.0. The molecular formula is C16H31N3O. The van der Waals surface area contributed by atoms with E-state index in [9.17, 15) is 4.79 Å². The molecule has 2 rings (SSSR count). The summed E-state index contributed by atoms with van der Waals surface area (Å²) in [4.78, 5) is 16.7. The minimum absolute atomic E-state index is 0.320. The molecule has 0 aliphatic carbocycles. The van der Waals surface area contributed by atoms with Crippen molar-refractivity contribution in [3.05, 3.63) is 0 Å². The number of piperidine rings is 1. The molecular weight excluding hydrogens is 250 g/mol. The van der Waals surface area contributed by atoms with Crippen molar-refractivity contribution in [2.24, 2.45) is 0 Å². The number of carbonyl (C=O) groups excluding carboxylic acids is 1. The van der Waals surface area contributed by atoms with Crippen molar-refractivity contribution < 1.29 is 4.79 Å². The van der Waals surface area contributed by atoms with Crippen LogP contribution in [0.25, 0.3) is 0 Å². The highest BCUT2D eigenvalue weighted by Gasteiger charge is 2.25. The Balaban J connectivity index is 1.68. The zero-order valence-electron chi connectivity index (χ0n) is 13.2. The summed E-state index contributed by atoms with van der Waals surface area (Å²) in [5, 5.41) is 3.52. The molecule has 20 heavy (non-hydrogen) atoms. The van der Waals surface area contributed by atoms with E-state index in [4.69, 9.17) is 0 Å². The van der Waals surface area contributed by atoms with E-state index in [1.807, 2.05) is 11.9 Å². The van der Waals surface area contributed by atoms with Crippen LogP contribution in [-0.2, 0) is 4.79 Å². The van der Waals surface area contributed by atoms with Crippen molar-refractivity contribution in [1.29, 1.82) is 0 Å². The number of hydrogen-bond donors (Lipinski definition) is 1. The summed E-state index contributed by atoms with van der Waals surface area (Å²) < 4.78 is 0. The van der Waals surface area contributed by atoms with Gasteiger partial charge in [-0.05, 0) is 51.7 Å². The van der Waals surface area contributed by atoms with Crippen LogP contribution >= 0.6 is 0 Å². The molecule has 0 aromatic carbocycles. The molecule has 0 saturated carbocycles. The molecule has 2 aliphatic heterocycles. The van der Waals surface area contributed by atoms with Gasteiger partial charge < -0.3 is 10.2 Å². The molecule has 2 heterocycles. The van der Waals surface area contributed by atoms with E-state index in [-0.39, 0.29) is 0 Å². The Labute approximate surface area is 123 Å². The van der Waals surface area contributed by atoms with Gasteiger partial charge in [0.2, 0.25) is 5.91 Å². The monoisotopic (exact) mass is 281 g/mol. The minimum Gasteiger partial charge on any atom is -0.344 e. The number of hydrogen-bond acceptors (Lipinski definition) is 3. The Morgan fingerprint density at radius 3 is 2.85 bits per heavy atom. The normalized spacial score (nSPS) is 27.7. The summed E-state index contributed by atoms with van der Waals surface area (Å²) in [6.45, 7) is 6.57. The minimum atomic E-state index is 0.320. The predicted molar refractivity (Wildman–Crippen MR) is 82.8 cm³/mol. The number of carbonyl (C=O) groups is 1. The highest BCUT2D eigenvalue weighted by atomic mass is 16.2. The molecule has 0 bridgehead atoms. The van der Waals surface area contributed by atoms with E-state index < -0.39 is 0 Å². The fraction of sp³-hybridized carbons (Fsp3) is 0.938. The van der Waals surface area contributed by atoms with Gasteiger partial charge in [-0.1, -0.05) is 13.3 Å². The molecule has 0 radical (unpaired) electrons. The third-order valence-corrected chi connectivity index (χ3v) is 4.93. The first-order valence-electron chi connectivity index (χ1n) is 8.42. The van der Waals surface area contributed by atoms with Crippen LogP contribution in [0.4, 0.5) is 0 Å². The Morgan fingerprint density at radius 2 is 2.15 bits per heavy atom. The van der Waals surface area contributed by atoms with Crippen LogP contribution in [-0.4, -0.2) is 61.0 Å². The van der Waals surface area contributed by atoms with Gasteiger partial charge in [-0.25, -0.2) is 0 Å². The Hall–Kier alpha value is -0.610. The molecule has 2 saturated heterocycles. The Kier molecular flexibility index (Phi) is 6.30. The summed E-state index contributed by atoms with van der Waals surface area (Å²) in [5.41, 5.74) is 0. The first-order valence-corrected chi connectivity index (χ1v) is 8.42. The largest absolute Gasteiger partial charge is 0.344 e. The molecule has 2 aliphatic rings. The molecule has 116 valence electrons. The number of likely N-dealkylation sites (tertiary alicyclic amines) is 1. The zero-order chi connectivity index (χ0) is 14.4. The summed E-state index contributed by atoms with van der Waals surface area (Å²) in [6.07, 6.45) is 8.08. The maximum Gasteiger partial charge on any atom is 0.222 e. The maximum absolute atomic E-state index is 12.2. The molecule has 0 aromatic heterocycles. The van der Waals surface area contributed by atoms with Gasteiger partial charge in [0.15, 0.2) is 0 Å². The van der Waals surface area contributed by atoms with E-state index in [1.165, 1.54) is 38.6 Å². The molecule has 2 fully saturated rings. The zero-order valence-corrected chi connectivity index (χ0v) is 13.2. The van der Waals surface area contributed by atoms with Crippen molar-refractivity contribution in [3.63, 3.8) is 0 Å². The van der Waals surface area contributed by atoms with Crippen LogP contribution < -0.4 is 5.32 Å². The highest BCUT2D eigenvalue weighted by Crippen LogP contribution is 2.18. The summed E-state index contributed by atoms with van der Waals surface area (Å²) in [7, 11) is 1.97. The summed E-state index contributed by atoms with van der Waals surface area (Å²) in [6, 6.07) is 1.15. The van der Waals surface area contributed by atoms with Crippen LogP contribution in [0.1, 0.15) is 51.9 Å². The molecule has 2 atom stereocenters. The van der Waals surface area contributed by atoms with E-state index in [2.05, 4.69) is 17.1 Å². The Morgan fingerprint density at radius 1 is 1.30 bits per heavy atom. The lowest BCUT2D eigenvalue weighted by Gasteiger charge is -2.28. The third kappa shape index (κ3) is 4.45. The standard InChI is InChI=1S/C16H31N3O/c1-3-19-12-6-8-15(19)13-18(2)16(20)10-9-14-7-4-5-11-17-14/h14-15,17H,3-13H2,1-2H3. The van der Waals surface area contributed by atoms with Crippen molar-refractivity contribution in [2.45, 2.75) is 64.0 Å². The van der Waals surface area contributed by atoms with Crippen LogP contribution in [0, 0.1) is 0 Å². The van der Waals surface area contributed by atoms with E-state index in [0.717, 1.165) is 26.1 Å². The van der Waals surface area contributed by atoms with Crippen LogP contribution in [0.15, 0.2) is 0 Å². The number of likely N-dealkylation sites (N-methyl/N-ethyl adjacent to an activating group) is 2. The van der Waals surface area contributed by atoms with Crippen molar-refractivity contribution in [3.8, 4) is 0 Å². The molecule has 4 heteroatoms. The number of nitrogens with zero attached hydrogens (tertiary/aromatic N) is 2. The van der Waals surface area contributed by atoms with Crippen molar-refractivity contribution in [2.75, 3.05) is 33.2 Å². The van der Waals surface area contributed by atoms with Gasteiger partial charge in [-0.3, -0.25) is 9.69 Å². The fourth-order valence-corrected chi connectivity index (χ4v) is 3.60. The van der Waals surface area contributed by atoms with E-state index >= 15 is 0 Å². The molecule has 2 unspecified atom stereocenters. The predicted octanol–water partition coefficient (Wildman–Crippen LogP) is 1.85. The quantitative estimate of drug-likeness (QED) is 0.807. The number of rotatable bonds is 6. The van der Waals surface area contributed by atoms with Crippen LogP contribution in [0.5, 0.6) is 0 Å². The average Bonchev–Trinajstić information content (AvgIpc) is 2.93. The van der Waals surface area contributed by atoms with Gasteiger partial charge in [0, 0.05) is 32.1 Å². The highest BCUT2D eigenvalue weighted by molar-refractivity contribution is 5.75. The summed E-state index contributed by atoms with van der Waals surface area (Å²) >= 11 is 0. The molecule has 1 N–H and O–H groups in total. The average molecular weight is 281 g/mol. The lowest BCUT2D eigenvalue weighted by Crippen LogP contribution is -2.41. The second kappa shape index (κ2) is 7.99. The lowest BCUT2D eigenvalue weighted by molar-refractivity contribution is -0.130. The van der Waals surface area contributed by atoms with Gasteiger partial charge in [-0.15, -0.1) is 0 Å². The molecule has 1 amide bonds. The van der Waals surface area contributed by atoms with Crippen LogP contribution in [0.2, 0.25) is 0 Å². The summed E-state index contributed by atoms with van der Waals surface area (Å²) in [5.74, 6) is 0.320. The molecule has 4 nitrogen and oxygen atoms in total. The Bertz CT molecular complexity index is 302. The number of amides is 1. The SMILES string of the molecule is CCN1CCCC1CN(C)C(=O)CCC1CCCCN1. The van der Waals surface area contributed by atoms with Gasteiger partial charge >= 0.3 is 0 Å². The van der Waals surface area contributed by atoms with E-state index in [1.54, 1.807) is 0 Å². The smallest absolute Gasteiger partial charge is 0.222 e. The van der Waals surface area contributed by atoms with Gasteiger partial charge in [0.05, 0.1) is 0 Å². The number of nitrogens with one attached hydrogen (secondary N) is 1. The van der Waals surface area contributed by atoms with Gasteiger partial charge in [0.25, 0.3) is 0 Å². The first-order chi connectivity index (χ1) is 9.70. The fourth-order valence-electron chi connectivity index (χ4n) is 3.60. The van der Waals surface area contributed by atoms with E-state index in [0.29, 0.717) is 24.4 Å².